The van der Waals surface area contributed by atoms with Crippen LogP contribution in [0.2, 0.25) is 0 Å². The Hall–Kier alpha value is -0.940. The second-order valence-electron chi connectivity index (χ2n) is 8.77. The Morgan fingerprint density at radius 2 is 1.71 bits per heavy atom. The molecule has 0 aromatic heterocycles. The van der Waals surface area contributed by atoms with E-state index >= 15 is 0 Å². The third-order valence-corrected chi connectivity index (χ3v) is 7.07. The lowest BCUT2D eigenvalue weighted by Gasteiger charge is -2.48. The maximum Gasteiger partial charge on any atom is 0.235 e. The van der Waals surface area contributed by atoms with Crippen LogP contribution in [-0.2, 0) is 9.59 Å². The van der Waals surface area contributed by atoms with Gasteiger partial charge in [0.2, 0.25) is 11.8 Å². The first-order valence-corrected chi connectivity index (χ1v) is 9.53. The number of amides is 2. The van der Waals surface area contributed by atoms with Gasteiger partial charge in [0.25, 0.3) is 0 Å². The van der Waals surface area contributed by atoms with Crippen molar-refractivity contribution in [3.05, 3.63) is 0 Å². The van der Waals surface area contributed by atoms with Gasteiger partial charge >= 0.3 is 0 Å². The number of aliphatic hydroxyl groups is 1. The van der Waals surface area contributed by atoms with Gasteiger partial charge in [-0.2, -0.15) is 0 Å². The Labute approximate surface area is 145 Å². The summed E-state index contributed by atoms with van der Waals surface area (Å²) in [7, 11) is 0. The van der Waals surface area contributed by atoms with Crippen molar-refractivity contribution in [3.8, 4) is 0 Å². The number of imide groups is 1. The molecular formula is C19H32N2O3. The first-order chi connectivity index (χ1) is 11.3. The minimum absolute atomic E-state index is 0.0742. The Morgan fingerprint density at radius 3 is 2.33 bits per heavy atom. The van der Waals surface area contributed by atoms with Crippen molar-refractivity contribution in [3.63, 3.8) is 0 Å². The Morgan fingerprint density at radius 1 is 1.08 bits per heavy atom. The number of carbonyl (C=O) groups excluding carboxylic acids is 2. The summed E-state index contributed by atoms with van der Waals surface area (Å²) in [5, 5.41) is 10.5. The lowest BCUT2D eigenvalue weighted by molar-refractivity contribution is -0.169. The number of β-amino-alcohol motifs (C(OH)–C–C–N with tert-alkyl or cyclic N) is 1. The van der Waals surface area contributed by atoms with Gasteiger partial charge in [0.05, 0.1) is 18.1 Å². The molecule has 1 aliphatic carbocycles. The van der Waals surface area contributed by atoms with Gasteiger partial charge in [-0.1, -0.05) is 33.6 Å². The summed E-state index contributed by atoms with van der Waals surface area (Å²) in [6.07, 6.45) is 5.75. The van der Waals surface area contributed by atoms with Crippen molar-refractivity contribution < 1.29 is 14.7 Å². The van der Waals surface area contributed by atoms with E-state index in [1.807, 2.05) is 20.8 Å². The molecule has 1 N–H and O–H groups in total. The molecule has 2 saturated heterocycles. The minimum atomic E-state index is -0.653. The quantitative estimate of drug-likeness (QED) is 0.798. The topological polar surface area (TPSA) is 60.9 Å². The summed E-state index contributed by atoms with van der Waals surface area (Å²) in [6, 6.07) is 0. The highest BCUT2D eigenvalue weighted by Gasteiger charge is 2.64. The van der Waals surface area contributed by atoms with Crippen LogP contribution in [0.3, 0.4) is 0 Å². The molecule has 0 aromatic rings. The monoisotopic (exact) mass is 336 g/mol. The first kappa shape index (κ1) is 17.9. The number of rotatable bonds is 4. The zero-order chi connectivity index (χ0) is 17.5. The van der Waals surface area contributed by atoms with Crippen LogP contribution in [0, 0.1) is 16.7 Å². The predicted octanol–water partition coefficient (Wildman–Crippen LogP) is 2.03. The number of nitrogens with zero attached hydrogens (tertiary/aromatic N) is 2. The van der Waals surface area contributed by atoms with Crippen LogP contribution in [0.15, 0.2) is 0 Å². The van der Waals surface area contributed by atoms with Gasteiger partial charge < -0.3 is 10.0 Å². The highest BCUT2D eigenvalue weighted by molar-refractivity contribution is 6.03. The lowest BCUT2D eigenvalue weighted by Crippen LogP contribution is -2.60. The summed E-state index contributed by atoms with van der Waals surface area (Å²) in [5.74, 6) is -0.248. The van der Waals surface area contributed by atoms with Crippen LogP contribution < -0.4 is 0 Å². The molecule has 2 heterocycles. The third-order valence-electron chi connectivity index (χ3n) is 7.07. The lowest BCUT2D eigenvalue weighted by atomic mass is 9.62. The smallest absolute Gasteiger partial charge is 0.235 e. The predicted molar refractivity (Wildman–Crippen MR) is 92.2 cm³/mol. The molecule has 1 saturated carbocycles. The molecule has 136 valence electrons. The average molecular weight is 336 g/mol. The number of carbonyl (C=O) groups is 2. The Bertz CT molecular complexity index is 511. The molecule has 2 bridgehead atoms. The summed E-state index contributed by atoms with van der Waals surface area (Å²) in [4.78, 5) is 29.4. The normalized spacial score (nSPS) is 35.2. The molecule has 0 spiro atoms. The number of piperidine rings is 1. The number of aliphatic hydroxyl groups excluding tert-OH is 1. The summed E-state index contributed by atoms with van der Waals surface area (Å²) < 4.78 is 0. The van der Waals surface area contributed by atoms with E-state index in [9.17, 15) is 14.7 Å². The van der Waals surface area contributed by atoms with Crippen molar-refractivity contribution >= 4 is 11.8 Å². The SMILES string of the molecule is CC1(C)[C@H]2CC[C@]1(C)C(=O)N(C[C@H](O)CN1CCCCCC1)C2=O. The van der Waals surface area contributed by atoms with Crippen LogP contribution in [0.5, 0.6) is 0 Å². The Balaban J connectivity index is 1.66. The summed E-state index contributed by atoms with van der Waals surface area (Å²) in [5.41, 5.74) is -0.763. The van der Waals surface area contributed by atoms with Gasteiger partial charge in [0.1, 0.15) is 0 Å². The van der Waals surface area contributed by atoms with E-state index in [4.69, 9.17) is 0 Å². The standard InChI is InChI=1S/C19H32N2O3/c1-18(2)15-8-9-19(18,3)17(24)21(16(15)23)13-14(22)12-20-10-6-4-5-7-11-20/h14-15,22H,4-13H2,1-3H3/t14-,15+,19-/m1/s1. The summed E-state index contributed by atoms with van der Waals surface area (Å²) in [6.45, 7) is 8.81. The zero-order valence-electron chi connectivity index (χ0n) is 15.4. The van der Waals surface area contributed by atoms with Crippen molar-refractivity contribution in [2.45, 2.75) is 65.4 Å². The number of fused-ring (bicyclic) bond motifs is 2. The molecule has 2 amide bonds. The molecule has 0 unspecified atom stereocenters. The van der Waals surface area contributed by atoms with E-state index in [0.29, 0.717) is 6.54 Å². The number of likely N-dealkylation sites (tertiary alicyclic amines) is 2. The molecule has 3 rings (SSSR count). The van der Waals surface area contributed by atoms with Gasteiger partial charge in [-0.05, 0) is 44.2 Å². The van der Waals surface area contributed by atoms with Gasteiger partial charge in [0, 0.05) is 12.5 Å². The highest BCUT2D eigenvalue weighted by Crippen LogP contribution is 2.60. The van der Waals surface area contributed by atoms with Gasteiger partial charge in [-0.25, -0.2) is 0 Å². The largest absolute Gasteiger partial charge is 0.390 e. The molecular weight excluding hydrogens is 304 g/mol. The van der Waals surface area contributed by atoms with E-state index in [1.54, 1.807) is 0 Å². The molecule has 5 heteroatoms. The highest BCUT2D eigenvalue weighted by atomic mass is 16.3. The van der Waals surface area contributed by atoms with Crippen molar-refractivity contribution in [1.82, 2.24) is 9.80 Å². The molecule has 2 aliphatic heterocycles. The Kier molecular flexibility index (Phi) is 4.77. The first-order valence-electron chi connectivity index (χ1n) is 9.53. The average Bonchev–Trinajstić information content (AvgIpc) is 2.70. The fourth-order valence-electron chi connectivity index (χ4n) is 4.96. The van der Waals surface area contributed by atoms with Gasteiger partial charge in [0.15, 0.2) is 0 Å². The molecule has 0 aromatic carbocycles. The van der Waals surface area contributed by atoms with Crippen LogP contribution in [0.25, 0.3) is 0 Å². The van der Waals surface area contributed by atoms with E-state index in [2.05, 4.69) is 4.90 Å². The second-order valence-corrected chi connectivity index (χ2v) is 8.77. The van der Waals surface area contributed by atoms with Crippen molar-refractivity contribution in [2.24, 2.45) is 16.7 Å². The fraction of sp³-hybridized carbons (Fsp3) is 0.895. The van der Waals surface area contributed by atoms with E-state index < -0.39 is 11.5 Å². The maximum absolute atomic E-state index is 13.0. The van der Waals surface area contributed by atoms with Crippen molar-refractivity contribution in [2.75, 3.05) is 26.2 Å². The molecule has 3 atom stereocenters. The minimum Gasteiger partial charge on any atom is -0.390 e. The van der Waals surface area contributed by atoms with Gasteiger partial charge in [-0.15, -0.1) is 0 Å². The number of hydrogen-bond donors (Lipinski definition) is 1. The van der Waals surface area contributed by atoms with Crippen LogP contribution in [0.1, 0.15) is 59.3 Å². The zero-order valence-corrected chi connectivity index (χ0v) is 15.4. The molecule has 0 radical (unpaired) electrons. The molecule has 3 aliphatic rings. The summed E-state index contributed by atoms with van der Waals surface area (Å²) >= 11 is 0. The number of hydrogen-bond acceptors (Lipinski definition) is 4. The second kappa shape index (κ2) is 6.41. The molecule has 5 nitrogen and oxygen atoms in total. The van der Waals surface area contributed by atoms with Crippen LogP contribution in [-0.4, -0.2) is 59.0 Å². The maximum atomic E-state index is 13.0. The van der Waals surface area contributed by atoms with Crippen LogP contribution in [0.4, 0.5) is 0 Å². The van der Waals surface area contributed by atoms with Crippen molar-refractivity contribution in [1.29, 1.82) is 0 Å². The van der Waals surface area contributed by atoms with E-state index in [0.717, 1.165) is 25.9 Å². The van der Waals surface area contributed by atoms with Crippen LogP contribution >= 0.6 is 0 Å². The molecule has 24 heavy (non-hydrogen) atoms. The fourth-order valence-corrected chi connectivity index (χ4v) is 4.96. The van der Waals surface area contributed by atoms with E-state index in [-0.39, 0.29) is 29.7 Å². The third kappa shape index (κ3) is 2.80. The molecule has 3 fully saturated rings. The van der Waals surface area contributed by atoms with Gasteiger partial charge in [-0.3, -0.25) is 14.5 Å². The van der Waals surface area contributed by atoms with E-state index in [1.165, 1.54) is 30.6 Å².